The Labute approximate surface area is 103 Å². The van der Waals surface area contributed by atoms with Crippen LogP contribution in [0.2, 0.25) is 0 Å². The second-order valence-corrected chi connectivity index (χ2v) is 4.97. The zero-order valence-corrected chi connectivity index (χ0v) is 11.2. The average molecular weight is 248 g/mol. The molecule has 16 heavy (non-hydrogen) atoms. The first-order valence-corrected chi connectivity index (χ1v) is 6.50. The lowest BCUT2D eigenvalue weighted by Crippen LogP contribution is -2.44. The van der Waals surface area contributed by atoms with Gasteiger partial charge in [-0.3, -0.25) is 4.79 Å². The predicted octanol–water partition coefficient (Wildman–Crippen LogP) is 2.13. The van der Waals surface area contributed by atoms with E-state index >= 15 is 0 Å². The summed E-state index contributed by atoms with van der Waals surface area (Å²) in [4.78, 5) is 14.1. The van der Waals surface area contributed by atoms with Crippen molar-refractivity contribution in [1.29, 1.82) is 0 Å². The molecule has 2 unspecified atom stereocenters. The summed E-state index contributed by atoms with van der Waals surface area (Å²) in [5.74, 6) is 1.13. The number of amides is 1. The van der Waals surface area contributed by atoms with E-state index in [1.165, 1.54) is 12.8 Å². The molecule has 0 heterocycles. The zero-order chi connectivity index (χ0) is 12.1. The summed E-state index contributed by atoms with van der Waals surface area (Å²) in [6.07, 6.45) is 2.49. The minimum Gasteiger partial charge on any atom is -0.383 e. The van der Waals surface area contributed by atoms with Gasteiger partial charge in [-0.05, 0) is 25.7 Å². The summed E-state index contributed by atoms with van der Waals surface area (Å²) in [6, 6.07) is 0.327. The molecule has 0 aromatic rings. The molecule has 1 fully saturated rings. The monoisotopic (exact) mass is 247 g/mol. The molecule has 0 aromatic carbocycles. The van der Waals surface area contributed by atoms with E-state index in [9.17, 15) is 4.79 Å². The van der Waals surface area contributed by atoms with Crippen molar-refractivity contribution < 1.29 is 9.53 Å². The molecule has 3 nitrogen and oxygen atoms in total. The smallest absolute Gasteiger partial charge is 0.226 e. The number of halogens is 1. The summed E-state index contributed by atoms with van der Waals surface area (Å²) in [5.41, 5.74) is 0. The SMILES string of the molecule is COCCN(C(=O)C(C)CCl)C(C)C1CC1. The molecule has 1 aliphatic rings. The van der Waals surface area contributed by atoms with Gasteiger partial charge in [-0.2, -0.15) is 0 Å². The number of hydrogen-bond acceptors (Lipinski definition) is 2. The van der Waals surface area contributed by atoms with Crippen molar-refractivity contribution in [2.75, 3.05) is 26.1 Å². The standard InChI is InChI=1S/C12H22ClNO2/c1-9(8-13)12(15)14(6-7-16-3)10(2)11-4-5-11/h9-11H,4-8H2,1-3H3. The molecule has 94 valence electrons. The summed E-state index contributed by atoms with van der Waals surface area (Å²) < 4.78 is 5.06. The van der Waals surface area contributed by atoms with Crippen LogP contribution in [-0.2, 0) is 9.53 Å². The Bertz CT molecular complexity index is 231. The zero-order valence-electron chi connectivity index (χ0n) is 10.4. The topological polar surface area (TPSA) is 29.5 Å². The molecule has 0 aliphatic heterocycles. The van der Waals surface area contributed by atoms with E-state index in [1.54, 1.807) is 7.11 Å². The number of hydrogen-bond donors (Lipinski definition) is 0. The maximum absolute atomic E-state index is 12.1. The number of nitrogens with zero attached hydrogens (tertiary/aromatic N) is 1. The van der Waals surface area contributed by atoms with E-state index in [-0.39, 0.29) is 11.8 Å². The van der Waals surface area contributed by atoms with Crippen LogP contribution in [0.4, 0.5) is 0 Å². The molecular formula is C12H22ClNO2. The normalized spacial score (nSPS) is 19.2. The van der Waals surface area contributed by atoms with Gasteiger partial charge in [0.25, 0.3) is 0 Å². The van der Waals surface area contributed by atoms with Crippen molar-refractivity contribution in [3.05, 3.63) is 0 Å². The molecule has 0 bridgehead atoms. The van der Waals surface area contributed by atoms with E-state index in [2.05, 4.69) is 6.92 Å². The van der Waals surface area contributed by atoms with Gasteiger partial charge in [-0.25, -0.2) is 0 Å². The third-order valence-electron chi connectivity index (χ3n) is 3.27. The molecule has 0 aromatic heterocycles. The minimum atomic E-state index is -0.0975. The highest BCUT2D eigenvalue weighted by Gasteiger charge is 2.35. The molecule has 1 rings (SSSR count). The van der Waals surface area contributed by atoms with Crippen LogP contribution >= 0.6 is 11.6 Å². The van der Waals surface area contributed by atoms with Gasteiger partial charge in [0.1, 0.15) is 0 Å². The Morgan fingerprint density at radius 3 is 2.56 bits per heavy atom. The summed E-state index contributed by atoms with van der Waals surface area (Å²) >= 11 is 5.75. The van der Waals surface area contributed by atoms with E-state index in [1.807, 2.05) is 11.8 Å². The molecule has 4 heteroatoms. The third kappa shape index (κ3) is 3.63. The van der Waals surface area contributed by atoms with Gasteiger partial charge in [0.15, 0.2) is 0 Å². The number of carbonyl (C=O) groups is 1. The van der Waals surface area contributed by atoms with Gasteiger partial charge in [-0.1, -0.05) is 6.92 Å². The van der Waals surface area contributed by atoms with Crippen LogP contribution in [-0.4, -0.2) is 43.0 Å². The van der Waals surface area contributed by atoms with Gasteiger partial charge >= 0.3 is 0 Å². The summed E-state index contributed by atoms with van der Waals surface area (Å²) in [5, 5.41) is 0. The molecule has 0 N–H and O–H groups in total. The fraction of sp³-hybridized carbons (Fsp3) is 0.917. The average Bonchev–Trinajstić information content (AvgIpc) is 3.11. The van der Waals surface area contributed by atoms with Crippen molar-refractivity contribution in [1.82, 2.24) is 4.90 Å². The Balaban J connectivity index is 2.57. The molecule has 2 atom stereocenters. The third-order valence-corrected chi connectivity index (χ3v) is 3.73. The van der Waals surface area contributed by atoms with Gasteiger partial charge in [0, 0.05) is 31.5 Å². The number of carbonyl (C=O) groups excluding carboxylic acids is 1. The van der Waals surface area contributed by atoms with Crippen LogP contribution in [0, 0.1) is 11.8 Å². The number of ether oxygens (including phenoxy) is 1. The van der Waals surface area contributed by atoms with Crippen LogP contribution in [0.25, 0.3) is 0 Å². The Hall–Kier alpha value is -0.280. The van der Waals surface area contributed by atoms with Crippen LogP contribution in [0.5, 0.6) is 0 Å². The van der Waals surface area contributed by atoms with E-state index in [4.69, 9.17) is 16.3 Å². The highest BCUT2D eigenvalue weighted by molar-refractivity contribution is 6.19. The van der Waals surface area contributed by atoms with Crippen molar-refractivity contribution >= 4 is 17.5 Å². The van der Waals surface area contributed by atoms with Crippen LogP contribution in [0.3, 0.4) is 0 Å². The first kappa shape index (κ1) is 13.8. The van der Waals surface area contributed by atoms with E-state index in [0.717, 1.165) is 0 Å². The molecule has 0 spiro atoms. The van der Waals surface area contributed by atoms with Crippen molar-refractivity contribution in [2.45, 2.75) is 32.7 Å². The number of alkyl halides is 1. The molecular weight excluding hydrogens is 226 g/mol. The lowest BCUT2D eigenvalue weighted by Gasteiger charge is -2.31. The lowest BCUT2D eigenvalue weighted by atomic mass is 10.1. The molecule has 0 saturated heterocycles. The minimum absolute atomic E-state index is 0.0975. The second-order valence-electron chi connectivity index (χ2n) is 4.66. The Kier molecular flexibility index (Phi) is 5.56. The quantitative estimate of drug-likeness (QED) is 0.645. The maximum Gasteiger partial charge on any atom is 0.226 e. The first-order valence-electron chi connectivity index (χ1n) is 5.97. The maximum atomic E-state index is 12.1. The van der Waals surface area contributed by atoms with E-state index < -0.39 is 0 Å². The predicted molar refractivity (Wildman–Crippen MR) is 65.7 cm³/mol. The van der Waals surface area contributed by atoms with Gasteiger partial charge < -0.3 is 9.64 Å². The van der Waals surface area contributed by atoms with Crippen molar-refractivity contribution in [3.63, 3.8) is 0 Å². The largest absolute Gasteiger partial charge is 0.383 e. The van der Waals surface area contributed by atoms with Gasteiger partial charge in [0.2, 0.25) is 5.91 Å². The van der Waals surface area contributed by atoms with Crippen LogP contribution in [0.15, 0.2) is 0 Å². The summed E-state index contributed by atoms with van der Waals surface area (Å²) in [6.45, 7) is 5.28. The van der Waals surface area contributed by atoms with Crippen LogP contribution in [0.1, 0.15) is 26.7 Å². The lowest BCUT2D eigenvalue weighted by molar-refractivity contribution is -0.137. The number of methoxy groups -OCH3 is 1. The van der Waals surface area contributed by atoms with Crippen molar-refractivity contribution in [3.8, 4) is 0 Å². The van der Waals surface area contributed by atoms with Crippen LogP contribution < -0.4 is 0 Å². The summed E-state index contributed by atoms with van der Waals surface area (Å²) in [7, 11) is 1.66. The van der Waals surface area contributed by atoms with Gasteiger partial charge in [-0.15, -0.1) is 11.6 Å². The fourth-order valence-corrected chi connectivity index (χ4v) is 2.02. The molecule has 1 amide bonds. The Morgan fingerprint density at radius 2 is 2.12 bits per heavy atom. The number of rotatable bonds is 7. The van der Waals surface area contributed by atoms with Gasteiger partial charge in [0.05, 0.1) is 6.61 Å². The highest BCUT2D eigenvalue weighted by Crippen LogP contribution is 2.35. The highest BCUT2D eigenvalue weighted by atomic mass is 35.5. The first-order chi connectivity index (χ1) is 7.61. The second kappa shape index (κ2) is 6.45. The Morgan fingerprint density at radius 1 is 1.50 bits per heavy atom. The molecule has 0 radical (unpaired) electrons. The van der Waals surface area contributed by atoms with Crippen molar-refractivity contribution in [2.24, 2.45) is 11.8 Å². The molecule has 1 saturated carbocycles. The molecule has 1 aliphatic carbocycles. The van der Waals surface area contributed by atoms with E-state index in [0.29, 0.717) is 31.0 Å². The fourth-order valence-electron chi connectivity index (χ4n) is 1.89.